The van der Waals surface area contributed by atoms with Crippen LogP contribution in [0.3, 0.4) is 0 Å². The van der Waals surface area contributed by atoms with Gasteiger partial charge in [0.15, 0.2) is 17.3 Å². The molecule has 28 heavy (non-hydrogen) atoms. The van der Waals surface area contributed by atoms with Gasteiger partial charge in [-0.1, -0.05) is 27.2 Å². The van der Waals surface area contributed by atoms with Crippen LogP contribution in [0.15, 0.2) is 11.1 Å². The van der Waals surface area contributed by atoms with E-state index in [4.69, 9.17) is 9.84 Å². The molecule has 2 aromatic rings. The molecule has 1 saturated carbocycles. The van der Waals surface area contributed by atoms with Gasteiger partial charge in [-0.25, -0.2) is 14.2 Å². The first kappa shape index (κ1) is 19.8. The van der Waals surface area contributed by atoms with E-state index in [1.165, 1.54) is 10.9 Å². The summed E-state index contributed by atoms with van der Waals surface area (Å²) in [4.78, 5) is 45.9. The third kappa shape index (κ3) is 3.56. The summed E-state index contributed by atoms with van der Waals surface area (Å²) in [5.74, 6) is -1.12. The number of fused-ring (bicyclic) bond motifs is 1. The van der Waals surface area contributed by atoms with Crippen LogP contribution in [-0.2, 0) is 9.53 Å². The first-order chi connectivity index (χ1) is 13.2. The number of ether oxygens (including phenoxy) is 1. The Morgan fingerprint density at radius 2 is 2.21 bits per heavy atom. The Morgan fingerprint density at radius 1 is 1.50 bits per heavy atom. The fraction of sp³-hybridized carbons (Fsp3) is 0.588. The molecular formula is C17H22FN5O5. The lowest BCUT2D eigenvalue weighted by molar-refractivity contribution is -0.118. The van der Waals surface area contributed by atoms with Crippen LogP contribution < -0.4 is 10.9 Å². The van der Waals surface area contributed by atoms with Crippen molar-refractivity contribution in [2.24, 2.45) is 11.8 Å². The maximum absolute atomic E-state index is 14.7. The molecule has 0 spiro atoms. The molecule has 0 aromatic carbocycles. The van der Waals surface area contributed by atoms with Gasteiger partial charge in [0.05, 0.1) is 12.4 Å². The number of imidazole rings is 1. The van der Waals surface area contributed by atoms with Gasteiger partial charge < -0.3 is 14.4 Å². The summed E-state index contributed by atoms with van der Waals surface area (Å²) >= 11 is 0. The van der Waals surface area contributed by atoms with E-state index in [2.05, 4.69) is 20.3 Å². The van der Waals surface area contributed by atoms with Crippen LogP contribution in [0.25, 0.3) is 11.2 Å². The van der Waals surface area contributed by atoms with Crippen LogP contribution in [0.5, 0.6) is 0 Å². The minimum Gasteiger partial charge on any atom is -0.450 e. The number of carboxylic acid groups (broad SMARTS) is 1. The molecule has 10 nitrogen and oxygen atoms in total. The molecule has 0 aliphatic heterocycles. The van der Waals surface area contributed by atoms with Gasteiger partial charge in [0, 0.05) is 5.92 Å². The molecule has 2 heterocycles. The van der Waals surface area contributed by atoms with Crippen LogP contribution >= 0.6 is 0 Å². The van der Waals surface area contributed by atoms with Crippen molar-refractivity contribution < 1.29 is 23.8 Å². The third-order valence-electron chi connectivity index (χ3n) is 5.00. The quantitative estimate of drug-likeness (QED) is 0.659. The number of H-pyrrole nitrogens is 1. The van der Waals surface area contributed by atoms with Crippen LogP contribution in [-0.4, -0.2) is 49.0 Å². The number of rotatable bonds is 5. The Bertz CT molecular complexity index is 955. The average Bonchev–Trinajstić information content (AvgIpc) is 3.16. The van der Waals surface area contributed by atoms with E-state index in [-0.39, 0.29) is 28.9 Å². The summed E-state index contributed by atoms with van der Waals surface area (Å²) in [5.41, 5.74) is -0.442. The number of carbonyl (C=O) groups excluding carboxylic acids is 1. The Balaban J connectivity index is 2.04. The lowest BCUT2D eigenvalue weighted by Gasteiger charge is -2.21. The molecule has 4 atom stereocenters. The molecule has 0 unspecified atom stereocenters. The summed E-state index contributed by atoms with van der Waals surface area (Å²) in [6.07, 6.45) is -2.17. The van der Waals surface area contributed by atoms with Crippen molar-refractivity contribution in [3.63, 3.8) is 0 Å². The largest absolute Gasteiger partial charge is 0.506 e. The number of halogens is 1. The zero-order valence-electron chi connectivity index (χ0n) is 15.7. The molecule has 3 N–H and O–H groups in total. The maximum atomic E-state index is 14.7. The number of hydrogen-bond acceptors (Lipinski definition) is 6. The highest BCUT2D eigenvalue weighted by molar-refractivity contribution is 5.91. The van der Waals surface area contributed by atoms with Crippen molar-refractivity contribution in [2.45, 2.75) is 51.9 Å². The highest BCUT2D eigenvalue weighted by Gasteiger charge is 2.47. The summed E-state index contributed by atoms with van der Waals surface area (Å²) in [5, 5.41) is 11.5. The van der Waals surface area contributed by atoms with E-state index in [0.29, 0.717) is 12.8 Å². The van der Waals surface area contributed by atoms with Gasteiger partial charge in [0.2, 0.25) is 11.9 Å². The molecule has 3 rings (SSSR count). The topological polar surface area (TPSA) is 139 Å². The van der Waals surface area contributed by atoms with Crippen molar-refractivity contribution in [3.05, 3.63) is 16.7 Å². The second-order valence-electron chi connectivity index (χ2n) is 7.15. The zero-order chi connectivity index (χ0) is 20.6. The second-order valence-corrected chi connectivity index (χ2v) is 7.15. The SMILES string of the molecule is CC[C@H]1C[C@@H](n2cnc3c(=O)[nH]c(NC(=O)C(C)C)nc32)[C@H](OC(=O)O)[C@@H]1F. The number of anilines is 1. The standard InChI is InChI=1S/C17H22FN5O5/c1-4-8-5-9(12(10(8)18)28-17(26)27)23-6-19-11-13(23)20-16(22-15(11)25)21-14(24)7(2)3/h6-10,12H,4-5H2,1-3H3,(H,26,27)(H2,20,21,22,24,25)/t8-,9+,10+,12-/m0/s1. The van der Waals surface area contributed by atoms with Gasteiger partial charge >= 0.3 is 6.16 Å². The predicted octanol–water partition coefficient (Wildman–Crippen LogP) is 2.09. The molecule has 2 aromatic heterocycles. The Labute approximate surface area is 159 Å². The smallest absolute Gasteiger partial charge is 0.450 e. The molecule has 0 radical (unpaired) electrons. The monoisotopic (exact) mass is 395 g/mol. The predicted molar refractivity (Wildman–Crippen MR) is 96.8 cm³/mol. The van der Waals surface area contributed by atoms with E-state index in [1.807, 2.05) is 6.92 Å². The molecule has 1 aliphatic rings. The number of hydrogen-bond donors (Lipinski definition) is 3. The number of amides is 1. The molecule has 1 amide bonds. The van der Waals surface area contributed by atoms with Gasteiger partial charge in [0.25, 0.3) is 5.56 Å². The van der Waals surface area contributed by atoms with Crippen LogP contribution in [0.1, 0.15) is 39.7 Å². The third-order valence-corrected chi connectivity index (χ3v) is 5.00. The summed E-state index contributed by atoms with van der Waals surface area (Å²) in [7, 11) is 0. The molecular weight excluding hydrogens is 373 g/mol. The molecule has 152 valence electrons. The van der Waals surface area contributed by atoms with Crippen molar-refractivity contribution in [3.8, 4) is 0 Å². The Hall–Kier alpha value is -2.98. The van der Waals surface area contributed by atoms with Crippen LogP contribution in [0.4, 0.5) is 15.1 Å². The van der Waals surface area contributed by atoms with Crippen molar-refractivity contribution in [1.82, 2.24) is 19.5 Å². The van der Waals surface area contributed by atoms with E-state index in [9.17, 15) is 18.8 Å². The highest BCUT2D eigenvalue weighted by atomic mass is 19.1. The Morgan fingerprint density at radius 3 is 2.82 bits per heavy atom. The second kappa shape index (κ2) is 7.56. The fourth-order valence-corrected chi connectivity index (χ4v) is 3.47. The van der Waals surface area contributed by atoms with Crippen molar-refractivity contribution in [2.75, 3.05) is 5.32 Å². The van der Waals surface area contributed by atoms with Gasteiger partial charge in [-0.15, -0.1) is 0 Å². The minimum absolute atomic E-state index is 0.00646. The van der Waals surface area contributed by atoms with Crippen molar-refractivity contribution in [1.29, 1.82) is 0 Å². The van der Waals surface area contributed by atoms with Gasteiger partial charge in [-0.05, 0) is 12.3 Å². The molecule has 11 heteroatoms. The van der Waals surface area contributed by atoms with Crippen LogP contribution in [0.2, 0.25) is 0 Å². The molecule has 0 bridgehead atoms. The number of aromatic nitrogens is 4. The summed E-state index contributed by atoms with van der Waals surface area (Å²) < 4.78 is 21.0. The van der Waals surface area contributed by atoms with E-state index >= 15 is 0 Å². The number of carbonyl (C=O) groups is 2. The first-order valence-electron chi connectivity index (χ1n) is 9.04. The summed E-state index contributed by atoms with van der Waals surface area (Å²) in [6.45, 7) is 5.19. The van der Waals surface area contributed by atoms with Gasteiger partial charge in [-0.3, -0.25) is 19.9 Å². The lowest BCUT2D eigenvalue weighted by Crippen LogP contribution is -2.31. The van der Waals surface area contributed by atoms with E-state index < -0.39 is 36.0 Å². The van der Waals surface area contributed by atoms with Gasteiger partial charge in [0.1, 0.15) is 6.17 Å². The maximum Gasteiger partial charge on any atom is 0.506 e. The number of nitrogens with one attached hydrogen (secondary N) is 2. The number of alkyl halides is 1. The van der Waals surface area contributed by atoms with Gasteiger partial charge in [-0.2, -0.15) is 4.98 Å². The van der Waals surface area contributed by atoms with E-state index in [0.717, 1.165) is 0 Å². The number of aromatic amines is 1. The summed E-state index contributed by atoms with van der Waals surface area (Å²) in [6, 6.07) is -0.705. The average molecular weight is 395 g/mol. The molecule has 1 aliphatic carbocycles. The first-order valence-corrected chi connectivity index (χ1v) is 9.04. The van der Waals surface area contributed by atoms with Crippen LogP contribution in [0, 0.1) is 11.8 Å². The lowest BCUT2D eigenvalue weighted by atomic mass is 10.0. The molecule has 0 saturated heterocycles. The highest BCUT2D eigenvalue weighted by Crippen LogP contribution is 2.41. The minimum atomic E-state index is -1.57. The Kier molecular flexibility index (Phi) is 5.34. The van der Waals surface area contributed by atoms with E-state index in [1.54, 1.807) is 13.8 Å². The normalized spacial score (nSPS) is 24.6. The van der Waals surface area contributed by atoms with Crippen molar-refractivity contribution >= 4 is 29.2 Å². The number of nitrogens with zero attached hydrogens (tertiary/aromatic N) is 3. The fourth-order valence-electron chi connectivity index (χ4n) is 3.47. The molecule has 1 fully saturated rings. The zero-order valence-corrected chi connectivity index (χ0v) is 15.7.